The summed E-state index contributed by atoms with van der Waals surface area (Å²) in [5.41, 5.74) is 8.46. The molecule has 1 aliphatic heterocycles. The van der Waals surface area contributed by atoms with Crippen LogP contribution in [0.2, 0.25) is 0 Å². The molecule has 0 spiro atoms. The van der Waals surface area contributed by atoms with Gasteiger partial charge in [0.15, 0.2) is 0 Å². The van der Waals surface area contributed by atoms with Crippen molar-refractivity contribution in [2.45, 2.75) is 51.6 Å². The minimum absolute atomic E-state index is 0.266. The van der Waals surface area contributed by atoms with Crippen LogP contribution in [0.25, 0.3) is 11.0 Å². The van der Waals surface area contributed by atoms with Gasteiger partial charge in [0.25, 0.3) is 0 Å². The van der Waals surface area contributed by atoms with Gasteiger partial charge in [-0.25, -0.2) is 0 Å². The van der Waals surface area contributed by atoms with Gasteiger partial charge in [0.2, 0.25) is 0 Å². The predicted molar refractivity (Wildman–Crippen MR) is 87.4 cm³/mol. The van der Waals surface area contributed by atoms with Crippen molar-refractivity contribution in [3.63, 3.8) is 0 Å². The van der Waals surface area contributed by atoms with Crippen LogP contribution < -0.4 is 5.73 Å². The van der Waals surface area contributed by atoms with Crippen LogP contribution in [0.5, 0.6) is 0 Å². The molecule has 3 rings (SSSR count). The number of likely N-dealkylation sites (tertiary alicyclic amines) is 1. The van der Waals surface area contributed by atoms with Crippen LogP contribution >= 0.6 is 0 Å². The number of nitrogens with zero attached hydrogens (tertiary/aromatic N) is 1. The molecule has 0 aliphatic carbocycles. The zero-order chi connectivity index (χ0) is 14.8. The van der Waals surface area contributed by atoms with Crippen molar-refractivity contribution in [2.24, 2.45) is 5.73 Å². The quantitative estimate of drug-likeness (QED) is 0.927. The molecule has 1 aromatic carbocycles. The maximum Gasteiger partial charge on any atom is 0.134 e. The zero-order valence-electron chi connectivity index (χ0n) is 13.1. The molecule has 2 unspecified atom stereocenters. The van der Waals surface area contributed by atoms with Crippen LogP contribution in [-0.4, -0.2) is 24.0 Å². The SMILES string of the molecule is Cc1oc2ccccc2c1C(CN)N1CCCCCC1C. The summed E-state index contributed by atoms with van der Waals surface area (Å²) >= 11 is 0. The molecule has 3 heteroatoms. The van der Waals surface area contributed by atoms with Crippen molar-refractivity contribution < 1.29 is 4.42 Å². The first-order chi connectivity index (χ1) is 10.2. The standard InChI is InChI=1S/C18H26N2O/c1-13-8-4-3-7-11-20(13)16(12-19)18-14(2)21-17-10-6-5-9-15(17)18/h5-6,9-10,13,16H,3-4,7-8,11-12,19H2,1-2H3. The topological polar surface area (TPSA) is 42.4 Å². The number of aryl methyl sites for hydroxylation is 1. The molecule has 0 saturated carbocycles. The van der Waals surface area contributed by atoms with Crippen LogP contribution in [0.1, 0.15) is 50.0 Å². The second-order valence-electron chi connectivity index (χ2n) is 6.26. The van der Waals surface area contributed by atoms with Crippen molar-refractivity contribution in [1.82, 2.24) is 4.90 Å². The highest BCUT2D eigenvalue weighted by Crippen LogP contribution is 2.35. The zero-order valence-corrected chi connectivity index (χ0v) is 13.1. The van der Waals surface area contributed by atoms with E-state index in [1.165, 1.54) is 36.6 Å². The third-order valence-corrected chi connectivity index (χ3v) is 4.88. The Kier molecular flexibility index (Phi) is 4.32. The lowest BCUT2D eigenvalue weighted by atomic mass is 9.99. The molecular weight excluding hydrogens is 260 g/mol. The fraction of sp³-hybridized carbons (Fsp3) is 0.556. The van der Waals surface area contributed by atoms with E-state index in [1.807, 2.05) is 12.1 Å². The van der Waals surface area contributed by atoms with Gasteiger partial charge in [0, 0.05) is 23.5 Å². The van der Waals surface area contributed by atoms with Gasteiger partial charge in [-0.3, -0.25) is 4.90 Å². The van der Waals surface area contributed by atoms with Gasteiger partial charge in [-0.2, -0.15) is 0 Å². The average Bonchev–Trinajstić information content (AvgIpc) is 2.66. The first kappa shape index (κ1) is 14.6. The van der Waals surface area contributed by atoms with Gasteiger partial charge in [0.1, 0.15) is 11.3 Å². The van der Waals surface area contributed by atoms with Crippen LogP contribution in [0.4, 0.5) is 0 Å². The van der Waals surface area contributed by atoms with Crippen LogP contribution in [0.3, 0.4) is 0 Å². The molecule has 0 amide bonds. The summed E-state index contributed by atoms with van der Waals surface area (Å²) in [7, 11) is 0. The summed E-state index contributed by atoms with van der Waals surface area (Å²) in [5.74, 6) is 1.02. The van der Waals surface area contributed by atoms with Gasteiger partial charge in [-0.1, -0.05) is 31.0 Å². The highest BCUT2D eigenvalue weighted by Gasteiger charge is 2.29. The second kappa shape index (κ2) is 6.20. The molecule has 3 nitrogen and oxygen atoms in total. The van der Waals surface area contributed by atoms with E-state index in [-0.39, 0.29) is 6.04 Å². The Morgan fingerprint density at radius 3 is 2.90 bits per heavy atom. The van der Waals surface area contributed by atoms with E-state index < -0.39 is 0 Å². The van der Waals surface area contributed by atoms with Crippen molar-refractivity contribution >= 4 is 11.0 Å². The van der Waals surface area contributed by atoms with Gasteiger partial charge in [-0.05, 0) is 39.3 Å². The second-order valence-corrected chi connectivity index (χ2v) is 6.26. The molecule has 2 N–H and O–H groups in total. The average molecular weight is 286 g/mol. The van der Waals surface area contributed by atoms with Gasteiger partial charge in [0.05, 0.1) is 6.04 Å². The smallest absolute Gasteiger partial charge is 0.134 e. The summed E-state index contributed by atoms with van der Waals surface area (Å²) in [6.45, 7) is 6.20. The fourth-order valence-electron chi connectivity index (χ4n) is 3.78. The molecule has 1 aliphatic rings. The number of fused-ring (bicyclic) bond motifs is 1. The lowest BCUT2D eigenvalue weighted by Crippen LogP contribution is -2.40. The summed E-state index contributed by atoms with van der Waals surface area (Å²) in [6.07, 6.45) is 5.21. The van der Waals surface area contributed by atoms with E-state index in [0.717, 1.165) is 17.9 Å². The van der Waals surface area contributed by atoms with Crippen molar-refractivity contribution in [3.05, 3.63) is 35.6 Å². The Morgan fingerprint density at radius 2 is 2.10 bits per heavy atom. The largest absolute Gasteiger partial charge is 0.461 e. The van der Waals surface area contributed by atoms with E-state index in [4.69, 9.17) is 10.2 Å². The molecule has 0 radical (unpaired) electrons. The van der Waals surface area contributed by atoms with Crippen molar-refractivity contribution in [3.8, 4) is 0 Å². The normalized spacial score (nSPS) is 22.3. The van der Waals surface area contributed by atoms with Crippen molar-refractivity contribution in [2.75, 3.05) is 13.1 Å². The number of hydrogen-bond acceptors (Lipinski definition) is 3. The molecule has 1 aromatic heterocycles. The van der Waals surface area contributed by atoms with Gasteiger partial charge >= 0.3 is 0 Å². The van der Waals surface area contributed by atoms with E-state index in [2.05, 4.69) is 30.9 Å². The first-order valence-electron chi connectivity index (χ1n) is 8.16. The summed E-state index contributed by atoms with van der Waals surface area (Å²) in [5, 5.41) is 1.22. The number of furan rings is 1. The van der Waals surface area contributed by atoms with Gasteiger partial charge in [-0.15, -0.1) is 0 Å². The van der Waals surface area contributed by atoms with Crippen LogP contribution in [-0.2, 0) is 0 Å². The maximum absolute atomic E-state index is 6.18. The third-order valence-electron chi connectivity index (χ3n) is 4.88. The number of benzene rings is 1. The summed E-state index contributed by atoms with van der Waals surface area (Å²) < 4.78 is 5.96. The highest BCUT2D eigenvalue weighted by molar-refractivity contribution is 5.82. The minimum atomic E-state index is 0.266. The molecule has 1 fully saturated rings. The fourth-order valence-corrected chi connectivity index (χ4v) is 3.78. The lowest BCUT2D eigenvalue weighted by Gasteiger charge is -2.34. The number of rotatable bonds is 3. The van der Waals surface area contributed by atoms with E-state index in [1.54, 1.807) is 0 Å². The number of hydrogen-bond donors (Lipinski definition) is 1. The third kappa shape index (κ3) is 2.72. The molecular formula is C18H26N2O. The summed E-state index contributed by atoms with van der Waals surface area (Å²) in [4.78, 5) is 2.59. The Balaban J connectivity index is 2.03. The Bertz CT molecular complexity index is 604. The molecule has 2 heterocycles. The van der Waals surface area contributed by atoms with Crippen LogP contribution in [0, 0.1) is 6.92 Å². The molecule has 0 bridgehead atoms. The summed E-state index contributed by atoms with van der Waals surface area (Å²) in [6, 6.07) is 9.18. The van der Waals surface area contributed by atoms with Crippen LogP contribution in [0.15, 0.2) is 28.7 Å². The first-order valence-corrected chi connectivity index (χ1v) is 8.16. The molecule has 2 atom stereocenters. The molecule has 2 aromatic rings. The monoisotopic (exact) mass is 286 g/mol. The highest BCUT2D eigenvalue weighted by atomic mass is 16.3. The Morgan fingerprint density at radius 1 is 1.29 bits per heavy atom. The molecule has 114 valence electrons. The number of nitrogens with two attached hydrogens (primary N) is 1. The van der Waals surface area contributed by atoms with E-state index in [0.29, 0.717) is 12.6 Å². The Labute approximate surface area is 127 Å². The minimum Gasteiger partial charge on any atom is -0.461 e. The van der Waals surface area contributed by atoms with E-state index in [9.17, 15) is 0 Å². The van der Waals surface area contributed by atoms with Gasteiger partial charge < -0.3 is 10.2 Å². The molecule has 21 heavy (non-hydrogen) atoms. The van der Waals surface area contributed by atoms with E-state index >= 15 is 0 Å². The maximum atomic E-state index is 6.18. The number of para-hydroxylation sites is 1. The lowest BCUT2D eigenvalue weighted by molar-refractivity contribution is 0.150. The molecule has 1 saturated heterocycles. The van der Waals surface area contributed by atoms with Crippen molar-refractivity contribution in [1.29, 1.82) is 0 Å². The Hall–Kier alpha value is -1.32. The predicted octanol–water partition coefficient (Wildman–Crippen LogP) is 4.01.